The Morgan fingerprint density at radius 3 is 2.55 bits per heavy atom. The number of hydrogen-bond acceptors (Lipinski definition) is 7. The topological polar surface area (TPSA) is 93.0 Å². The zero-order valence-electron chi connectivity index (χ0n) is 21.5. The van der Waals surface area contributed by atoms with Gasteiger partial charge in [-0.3, -0.25) is 14.5 Å². The van der Waals surface area contributed by atoms with Gasteiger partial charge in [-0.2, -0.15) is 18.4 Å². The molecule has 3 fully saturated rings. The first-order valence-electron chi connectivity index (χ1n) is 12.7. The number of hydrogen-bond donors (Lipinski definition) is 0. The molecule has 14 heteroatoms. The lowest BCUT2D eigenvalue weighted by atomic mass is 9.75. The fourth-order valence-corrected chi connectivity index (χ4v) is 5.78. The lowest BCUT2D eigenvalue weighted by Crippen LogP contribution is -2.54. The monoisotopic (exact) mass is 578 g/mol. The Morgan fingerprint density at radius 2 is 1.98 bits per heavy atom. The van der Waals surface area contributed by atoms with Gasteiger partial charge in [-0.15, -0.1) is 0 Å². The molecule has 0 bridgehead atoms. The fourth-order valence-electron chi connectivity index (χ4n) is 5.31. The lowest BCUT2D eigenvalue weighted by Gasteiger charge is -2.44. The molecule has 9 nitrogen and oxygen atoms in total. The summed E-state index contributed by atoms with van der Waals surface area (Å²) in [6.45, 7) is 2.35. The van der Waals surface area contributed by atoms with Gasteiger partial charge in [0.15, 0.2) is 17.0 Å². The number of carbonyl (C=O) groups excluding carboxylic acids is 2. The molecule has 1 saturated carbocycles. The molecule has 0 aromatic carbocycles. The third kappa shape index (κ3) is 4.86. The summed E-state index contributed by atoms with van der Waals surface area (Å²) < 4.78 is 61.5. The number of amides is 2. The minimum atomic E-state index is -4.87. The molecule has 2 saturated heterocycles. The van der Waals surface area contributed by atoms with Crippen molar-refractivity contribution in [2.45, 2.75) is 43.3 Å². The first-order chi connectivity index (χ1) is 19.0. The second-order valence-electron chi connectivity index (χ2n) is 10.2. The maximum atomic E-state index is 15.3. The van der Waals surface area contributed by atoms with Crippen molar-refractivity contribution in [1.82, 2.24) is 19.7 Å². The van der Waals surface area contributed by atoms with Crippen molar-refractivity contribution < 1.29 is 31.9 Å². The molecule has 2 aliphatic heterocycles. The molecular formula is C26H26F4N6O3S. The Morgan fingerprint density at radius 1 is 1.27 bits per heavy atom. The number of allylic oxidation sites excluding steroid dienone is 1. The SMILES string of the molecule is CN1CCN(C(=O)COC2C=CC(N3C(=S)N(c4cnc(C#N)c(C(F)(F)F)c4)C(=O)C34CCC4)=CC2F)CC1. The number of rotatable bonds is 5. The molecule has 212 valence electrons. The van der Waals surface area contributed by atoms with Crippen molar-refractivity contribution >= 4 is 34.8 Å². The average Bonchev–Trinajstić information content (AvgIpc) is 3.13. The Labute approximate surface area is 233 Å². The summed E-state index contributed by atoms with van der Waals surface area (Å²) in [7, 11) is 1.97. The molecule has 1 aromatic heterocycles. The summed E-state index contributed by atoms with van der Waals surface area (Å²) in [6, 6.07) is 2.09. The summed E-state index contributed by atoms with van der Waals surface area (Å²) in [5.41, 5.74) is -3.22. The van der Waals surface area contributed by atoms with Crippen LogP contribution in [0.2, 0.25) is 0 Å². The van der Waals surface area contributed by atoms with E-state index < -0.39 is 41.2 Å². The van der Waals surface area contributed by atoms with E-state index in [2.05, 4.69) is 9.88 Å². The second-order valence-corrected chi connectivity index (χ2v) is 10.6. The van der Waals surface area contributed by atoms with Gasteiger partial charge >= 0.3 is 6.18 Å². The van der Waals surface area contributed by atoms with Gasteiger partial charge in [0.05, 0.1) is 17.4 Å². The number of nitriles is 1. The summed E-state index contributed by atoms with van der Waals surface area (Å²) >= 11 is 5.56. The summed E-state index contributed by atoms with van der Waals surface area (Å²) in [6.07, 6.45) is -0.899. The van der Waals surface area contributed by atoms with Crippen molar-refractivity contribution in [2.75, 3.05) is 44.7 Å². The van der Waals surface area contributed by atoms with E-state index in [0.717, 1.165) is 24.2 Å². The Balaban J connectivity index is 1.34. The quantitative estimate of drug-likeness (QED) is 0.389. The molecule has 2 aliphatic carbocycles. The normalized spacial score (nSPS) is 24.8. The van der Waals surface area contributed by atoms with E-state index >= 15 is 4.39 Å². The minimum absolute atomic E-state index is 0.114. The number of thiocarbonyl (C=S) groups is 1. The number of nitrogens with zero attached hydrogens (tertiary/aromatic N) is 6. The number of aromatic nitrogens is 1. The number of pyridine rings is 1. The number of ether oxygens (including phenoxy) is 1. The van der Waals surface area contributed by atoms with Crippen LogP contribution in [-0.2, 0) is 20.5 Å². The molecule has 0 radical (unpaired) electrons. The van der Waals surface area contributed by atoms with E-state index in [-0.39, 0.29) is 29.0 Å². The van der Waals surface area contributed by atoms with Crippen LogP contribution in [0.4, 0.5) is 23.2 Å². The summed E-state index contributed by atoms with van der Waals surface area (Å²) in [5.74, 6) is -0.766. The van der Waals surface area contributed by atoms with Gasteiger partial charge in [-0.1, -0.05) is 6.08 Å². The number of carbonyl (C=O) groups is 2. The van der Waals surface area contributed by atoms with Crippen LogP contribution in [0, 0.1) is 11.3 Å². The molecule has 40 heavy (non-hydrogen) atoms. The van der Waals surface area contributed by atoms with Crippen LogP contribution >= 0.6 is 12.2 Å². The average molecular weight is 579 g/mol. The summed E-state index contributed by atoms with van der Waals surface area (Å²) in [4.78, 5) is 35.9. The number of alkyl halides is 4. The number of anilines is 1. The van der Waals surface area contributed by atoms with Crippen LogP contribution < -0.4 is 4.90 Å². The van der Waals surface area contributed by atoms with Crippen molar-refractivity contribution in [1.29, 1.82) is 5.26 Å². The minimum Gasteiger partial charge on any atom is -0.361 e. The first-order valence-corrected chi connectivity index (χ1v) is 13.2. The molecule has 2 unspecified atom stereocenters. The smallest absolute Gasteiger partial charge is 0.361 e. The Bertz CT molecular complexity index is 1330. The molecule has 4 aliphatic rings. The van der Waals surface area contributed by atoms with Gasteiger partial charge in [-0.05, 0) is 56.7 Å². The highest BCUT2D eigenvalue weighted by Gasteiger charge is 2.60. The van der Waals surface area contributed by atoms with Crippen LogP contribution in [0.3, 0.4) is 0 Å². The second kappa shape index (κ2) is 10.5. The van der Waals surface area contributed by atoms with E-state index in [1.54, 1.807) is 11.0 Å². The standard InChI is InChI=1S/C26H26F4N6O3S/c1-33-7-9-34(10-8-33)22(37)15-39-21-4-3-16(12-19(21)27)36-24(40)35(23(38)25(36)5-2-6-25)17-11-18(26(28,29)30)20(13-31)32-14-17/h3-4,11-12,14,19,21H,2,5-10,15H2,1H3. The number of likely N-dealkylation sites (N-methyl/N-ethyl adjacent to an activating group) is 1. The van der Waals surface area contributed by atoms with Gasteiger partial charge < -0.3 is 19.4 Å². The number of halogens is 4. The van der Waals surface area contributed by atoms with Crippen LogP contribution in [0.25, 0.3) is 0 Å². The molecule has 0 N–H and O–H groups in total. The highest BCUT2D eigenvalue weighted by Crippen LogP contribution is 2.48. The van der Waals surface area contributed by atoms with Crippen LogP contribution in [0.15, 0.2) is 36.2 Å². The highest BCUT2D eigenvalue weighted by molar-refractivity contribution is 7.80. The van der Waals surface area contributed by atoms with Crippen molar-refractivity contribution in [3.8, 4) is 6.07 Å². The molecule has 1 aromatic rings. The Hall–Kier alpha value is -3.41. The molecule has 5 rings (SSSR count). The number of piperazine rings is 1. The van der Waals surface area contributed by atoms with Crippen LogP contribution in [0.1, 0.15) is 30.5 Å². The predicted octanol–water partition coefficient (Wildman–Crippen LogP) is 2.78. The highest BCUT2D eigenvalue weighted by atomic mass is 32.1. The predicted molar refractivity (Wildman–Crippen MR) is 138 cm³/mol. The van der Waals surface area contributed by atoms with Gasteiger partial charge in [-0.25, -0.2) is 9.37 Å². The molecular weight excluding hydrogens is 552 g/mol. The lowest BCUT2D eigenvalue weighted by molar-refractivity contribution is -0.139. The molecule has 3 heterocycles. The third-order valence-electron chi connectivity index (χ3n) is 7.75. The zero-order chi connectivity index (χ0) is 28.8. The van der Waals surface area contributed by atoms with E-state index in [4.69, 9.17) is 22.2 Å². The van der Waals surface area contributed by atoms with Gasteiger partial charge in [0.25, 0.3) is 5.91 Å². The maximum Gasteiger partial charge on any atom is 0.419 e. The first kappa shape index (κ1) is 28.1. The van der Waals surface area contributed by atoms with Crippen molar-refractivity contribution in [2.24, 2.45) is 0 Å². The molecule has 1 spiro atoms. The van der Waals surface area contributed by atoms with E-state index in [0.29, 0.717) is 38.4 Å². The Kier molecular flexibility index (Phi) is 7.41. The van der Waals surface area contributed by atoms with E-state index in [1.165, 1.54) is 23.1 Å². The van der Waals surface area contributed by atoms with Crippen molar-refractivity contribution in [3.05, 3.63) is 47.4 Å². The molecule has 2 atom stereocenters. The van der Waals surface area contributed by atoms with Crippen LogP contribution in [-0.4, -0.2) is 94.3 Å². The fraction of sp³-hybridized carbons (Fsp3) is 0.500. The largest absolute Gasteiger partial charge is 0.419 e. The van der Waals surface area contributed by atoms with Crippen LogP contribution in [0.5, 0.6) is 0 Å². The summed E-state index contributed by atoms with van der Waals surface area (Å²) in [5, 5.41) is 8.95. The van der Waals surface area contributed by atoms with Gasteiger partial charge in [0.2, 0.25) is 5.91 Å². The van der Waals surface area contributed by atoms with Crippen molar-refractivity contribution in [3.63, 3.8) is 0 Å². The maximum absolute atomic E-state index is 15.3. The van der Waals surface area contributed by atoms with E-state index in [9.17, 15) is 22.8 Å². The third-order valence-corrected chi connectivity index (χ3v) is 8.11. The van der Waals surface area contributed by atoms with E-state index in [1.807, 2.05) is 7.05 Å². The molecule has 2 amide bonds. The van der Waals surface area contributed by atoms with Gasteiger partial charge in [0.1, 0.15) is 24.3 Å². The van der Waals surface area contributed by atoms with Gasteiger partial charge in [0, 0.05) is 31.9 Å². The zero-order valence-corrected chi connectivity index (χ0v) is 22.3.